The third-order valence-electron chi connectivity index (χ3n) is 3.64. The average molecular weight is 286 g/mol. The number of thioether (sulfide) groups is 1. The molecule has 108 valence electrons. The number of carbonyl (C=O) groups excluding carboxylic acids is 2. The van der Waals surface area contributed by atoms with Gasteiger partial charge in [-0.05, 0) is 39.4 Å². The number of ether oxygens (including phenoxy) is 2. The SMILES string of the molecule is C=C(C)C(=O)OC1(C)CC(SC)CCC1C(=O)OC. The van der Waals surface area contributed by atoms with Crippen molar-refractivity contribution in [3.8, 4) is 0 Å². The van der Waals surface area contributed by atoms with Gasteiger partial charge in [-0.2, -0.15) is 11.8 Å². The van der Waals surface area contributed by atoms with E-state index in [1.807, 2.05) is 13.2 Å². The lowest BCUT2D eigenvalue weighted by Gasteiger charge is -2.42. The summed E-state index contributed by atoms with van der Waals surface area (Å²) in [6.07, 6.45) is 4.30. The molecule has 4 nitrogen and oxygen atoms in total. The molecule has 3 atom stereocenters. The molecule has 5 heteroatoms. The molecule has 1 saturated carbocycles. The van der Waals surface area contributed by atoms with Crippen LogP contribution in [0.5, 0.6) is 0 Å². The number of carbonyl (C=O) groups is 2. The third kappa shape index (κ3) is 3.75. The van der Waals surface area contributed by atoms with Gasteiger partial charge in [0.1, 0.15) is 5.60 Å². The van der Waals surface area contributed by atoms with Crippen molar-refractivity contribution in [2.24, 2.45) is 5.92 Å². The highest BCUT2D eigenvalue weighted by Gasteiger charge is 2.47. The van der Waals surface area contributed by atoms with Crippen LogP contribution in [-0.2, 0) is 19.1 Å². The molecule has 0 heterocycles. The van der Waals surface area contributed by atoms with E-state index in [1.54, 1.807) is 18.7 Å². The van der Waals surface area contributed by atoms with Gasteiger partial charge in [-0.1, -0.05) is 6.58 Å². The Bertz CT molecular complexity index is 380. The molecule has 0 N–H and O–H groups in total. The molecule has 0 amide bonds. The Morgan fingerprint density at radius 1 is 1.37 bits per heavy atom. The van der Waals surface area contributed by atoms with Crippen LogP contribution in [-0.4, -0.2) is 36.2 Å². The second kappa shape index (κ2) is 6.46. The van der Waals surface area contributed by atoms with E-state index < -0.39 is 17.5 Å². The molecule has 0 aliphatic heterocycles. The Morgan fingerprint density at radius 3 is 2.47 bits per heavy atom. The lowest BCUT2D eigenvalue weighted by Crippen LogP contribution is -2.49. The van der Waals surface area contributed by atoms with Gasteiger partial charge in [0.2, 0.25) is 0 Å². The number of hydrogen-bond acceptors (Lipinski definition) is 5. The van der Waals surface area contributed by atoms with E-state index in [0.29, 0.717) is 23.7 Å². The second-order valence-electron chi connectivity index (χ2n) is 5.20. The third-order valence-corrected chi connectivity index (χ3v) is 4.71. The molecule has 1 rings (SSSR count). The zero-order chi connectivity index (χ0) is 14.6. The molecule has 0 saturated heterocycles. The summed E-state index contributed by atoms with van der Waals surface area (Å²) in [7, 11) is 1.37. The summed E-state index contributed by atoms with van der Waals surface area (Å²) < 4.78 is 10.4. The first-order chi connectivity index (χ1) is 8.84. The predicted octanol–water partition coefficient (Wildman–Crippen LogP) is 2.57. The molecular weight excluding hydrogens is 264 g/mol. The molecule has 0 radical (unpaired) electrons. The Morgan fingerprint density at radius 2 is 2.00 bits per heavy atom. The molecule has 1 aliphatic carbocycles. The topological polar surface area (TPSA) is 52.6 Å². The summed E-state index contributed by atoms with van der Waals surface area (Å²) in [6, 6.07) is 0. The maximum atomic E-state index is 11.9. The molecular formula is C14H22O4S. The molecule has 3 unspecified atom stereocenters. The van der Waals surface area contributed by atoms with Crippen molar-refractivity contribution >= 4 is 23.7 Å². The lowest BCUT2D eigenvalue weighted by atomic mass is 9.76. The van der Waals surface area contributed by atoms with Crippen LogP contribution in [0.4, 0.5) is 0 Å². The molecule has 0 bridgehead atoms. The van der Waals surface area contributed by atoms with Crippen molar-refractivity contribution < 1.29 is 19.1 Å². The summed E-state index contributed by atoms with van der Waals surface area (Å²) in [5.74, 6) is -1.15. The zero-order valence-electron chi connectivity index (χ0n) is 12.0. The summed E-state index contributed by atoms with van der Waals surface area (Å²) in [4.78, 5) is 23.7. The molecule has 0 aromatic carbocycles. The maximum absolute atomic E-state index is 11.9. The van der Waals surface area contributed by atoms with Gasteiger partial charge in [-0.25, -0.2) is 4.79 Å². The number of esters is 2. The summed E-state index contributed by atoms with van der Waals surface area (Å²) in [6.45, 7) is 7.01. The summed E-state index contributed by atoms with van der Waals surface area (Å²) >= 11 is 1.74. The quantitative estimate of drug-likeness (QED) is 0.587. The van der Waals surface area contributed by atoms with Gasteiger partial charge in [0, 0.05) is 10.8 Å². The highest BCUT2D eigenvalue weighted by atomic mass is 32.2. The highest BCUT2D eigenvalue weighted by molar-refractivity contribution is 7.99. The summed E-state index contributed by atoms with van der Waals surface area (Å²) in [5.41, 5.74) is -0.467. The largest absolute Gasteiger partial charge is 0.469 e. The van der Waals surface area contributed by atoms with Gasteiger partial charge in [0.15, 0.2) is 0 Å². The van der Waals surface area contributed by atoms with E-state index in [2.05, 4.69) is 6.58 Å². The average Bonchev–Trinajstić information content (AvgIpc) is 2.37. The van der Waals surface area contributed by atoms with Crippen molar-refractivity contribution in [3.05, 3.63) is 12.2 Å². The standard InChI is InChI=1S/C14H22O4S/c1-9(2)12(15)18-14(3)8-10(19-5)6-7-11(14)13(16)17-4/h10-11H,1,6-8H2,2-5H3. The Balaban J connectivity index is 2.94. The van der Waals surface area contributed by atoms with Crippen LogP contribution in [0.15, 0.2) is 12.2 Å². The van der Waals surface area contributed by atoms with Crippen LogP contribution >= 0.6 is 11.8 Å². The minimum atomic E-state index is -0.810. The fourth-order valence-electron chi connectivity index (χ4n) is 2.48. The predicted molar refractivity (Wildman–Crippen MR) is 76.0 cm³/mol. The molecule has 0 spiro atoms. The molecule has 1 aliphatic rings. The van der Waals surface area contributed by atoms with Crippen molar-refractivity contribution in [2.45, 2.75) is 44.0 Å². The van der Waals surface area contributed by atoms with Gasteiger partial charge in [0.05, 0.1) is 13.0 Å². The first-order valence-electron chi connectivity index (χ1n) is 6.33. The first kappa shape index (κ1) is 16.1. The first-order valence-corrected chi connectivity index (χ1v) is 7.62. The van der Waals surface area contributed by atoms with E-state index in [9.17, 15) is 9.59 Å². The fourth-order valence-corrected chi connectivity index (χ4v) is 3.35. The molecule has 1 fully saturated rings. The van der Waals surface area contributed by atoms with Gasteiger partial charge < -0.3 is 9.47 Å². The van der Waals surface area contributed by atoms with Gasteiger partial charge >= 0.3 is 11.9 Å². The Hall–Kier alpha value is -0.970. The normalized spacial score (nSPS) is 30.5. The highest BCUT2D eigenvalue weighted by Crippen LogP contribution is 2.41. The van der Waals surface area contributed by atoms with Crippen LogP contribution in [0.1, 0.15) is 33.1 Å². The van der Waals surface area contributed by atoms with Crippen molar-refractivity contribution in [1.29, 1.82) is 0 Å². The zero-order valence-corrected chi connectivity index (χ0v) is 12.8. The van der Waals surface area contributed by atoms with E-state index in [4.69, 9.17) is 9.47 Å². The molecule has 0 aromatic heterocycles. The number of hydrogen-bond donors (Lipinski definition) is 0. The van der Waals surface area contributed by atoms with Gasteiger partial charge in [-0.15, -0.1) is 0 Å². The van der Waals surface area contributed by atoms with Gasteiger partial charge in [0.25, 0.3) is 0 Å². The van der Waals surface area contributed by atoms with Crippen LogP contribution in [0, 0.1) is 5.92 Å². The lowest BCUT2D eigenvalue weighted by molar-refractivity contribution is -0.174. The van der Waals surface area contributed by atoms with E-state index >= 15 is 0 Å². The van der Waals surface area contributed by atoms with E-state index in [1.165, 1.54) is 7.11 Å². The minimum Gasteiger partial charge on any atom is -0.469 e. The monoisotopic (exact) mass is 286 g/mol. The van der Waals surface area contributed by atoms with Crippen LogP contribution in [0.2, 0.25) is 0 Å². The molecule has 0 aromatic rings. The van der Waals surface area contributed by atoms with E-state index in [0.717, 1.165) is 6.42 Å². The van der Waals surface area contributed by atoms with Crippen molar-refractivity contribution in [1.82, 2.24) is 0 Å². The van der Waals surface area contributed by atoms with Gasteiger partial charge in [-0.3, -0.25) is 4.79 Å². The van der Waals surface area contributed by atoms with E-state index in [-0.39, 0.29) is 5.97 Å². The smallest absolute Gasteiger partial charge is 0.333 e. The second-order valence-corrected chi connectivity index (χ2v) is 6.34. The number of methoxy groups -OCH3 is 1. The fraction of sp³-hybridized carbons (Fsp3) is 0.714. The Kier molecular flexibility index (Phi) is 5.47. The maximum Gasteiger partial charge on any atom is 0.333 e. The minimum absolute atomic E-state index is 0.309. The van der Waals surface area contributed by atoms with Crippen molar-refractivity contribution in [2.75, 3.05) is 13.4 Å². The van der Waals surface area contributed by atoms with Crippen LogP contribution in [0.25, 0.3) is 0 Å². The summed E-state index contributed by atoms with van der Waals surface area (Å²) in [5, 5.41) is 0.392. The van der Waals surface area contributed by atoms with Crippen LogP contribution in [0.3, 0.4) is 0 Å². The molecule has 19 heavy (non-hydrogen) atoms. The van der Waals surface area contributed by atoms with Crippen LogP contribution < -0.4 is 0 Å². The number of rotatable bonds is 4. The Labute approximate surface area is 118 Å². The van der Waals surface area contributed by atoms with Crippen molar-refractivity contribution in [3.63, 3.8) is 0 Å².